The summed E-state index contributed by atoms with van der Waals surface area (Å²) in [6, 6.07) is 7.26. The molecule has 1 aromatic carbocycles. The number of nitrogens with one attached hydrogen (secondary N) is 2. The van der Waals surface area contributed by atoms with E-state index in [0.29, 0.717) is 11.9 Å². The maximum absolute atomic E-state index is 11.9. The molecule has 2 N–H and O–H groups in total. The van der Waals surface area contributed by atoms with Gasteiger partial charge in [0.2, 0.25) is 5.91 Å². The van der Waals surface area contributed by atoms with Crippen LogP contribution in [0.1, 0.15) is 18.2 Å². The van der Waals surface area contributed by atoms with Gasteiger partial charge >= 0.3 is 0 Å². The molecular formula is C15H16N2O2. The van der Waals surface area contributed by atoms with Crippen LogP contribution in [0.25, 0.3) is 17.0 Å². The van der Waals surface area contributed by atoms with Crippen molar-refractivity contribution in [2.75, 3.05) is 6.54 Å². The van der Waals surface area contributed by atoms with Gasteiger partial charge in [0.1, 0.15) is 0 Å². The second kappa shape index (κ2) is 5.52. The van der Waals surface area contributed by atoms with E-state index < -0.39 is 0 Å². The Kier molecular flexibility index (Phi) is 3.80. The molecule has 0 fully saturated rings. The minimum absolute atomic E-state index is 0.0170. The predicted molar refractivity (Wildman–Crippen MR) is 77.0 cm³/mol. The number of rotatable bonds is 3. The van der Waals surface area contributed by atoms with Crippen molar-refractivity contribution in [2.45, 2.75) is 13.8 Å². The fraction of sp³-hybridized carbons (Fsp3) is 0.200. The van der Waals surface area contributed by atoms with Crippen LogP contribution >= 0.6 is 0 Å². The second-order valence-corrected chi connectivity index (χ2v) is 4.46. The van der Waals surface area contributed by atoms with E-state index in [0.717, 1.165) is 16.8 Å². The molecule has 0 aliphatic heterocycles. The lowest BCUT2D eigenvalue weighted by Crippen LogP contribution is -2.19. The highest BCUT2D eigenvalue weighted by atomic mass is 16.1. The lowest BCUT2D eigenvalue weighted by atomic mass is 10.1. The third kappa shape index (κ3) is 3.31. The molecule has 98 valence electrons. The van der Waals surface area contributed by atoms with Gasteiger partial charge in [-0.3, -0.25) is 9.59 Å². The number of hydrogen-bond donors (Lipinski definition) is 2. The van der Waals surface area contributed by atoms with Gasteiger partial charge in [0.15, 0.2) is 5.43 Å². The van der Waals surface area contributed by atoms with Crippen LogP contribution in [0.2, 0.25) is 0 Å². The molecule has 2 rings (SSSR count). The zero-order valence-electron chi connectivity index (χ0n) is 11.0. The third-order valence-corrected chi connectivity index (χ3v) is 2.77. The van der Waals surface area contributed by atoms with E-state index >= 15 is 0 Å². The van der Waals surface area contributed by atoms with Crippen LogP contribution in [-0.2, 0) is 4.79 Å². The first kappa shape index (κ1) is 13.1. The maximum Gasteiger partial charge on any atom is 0.217 e. The zero-order valence-corrected chi connectivity index (χ0v) is 11.0. The average Bonchev–Trinajstić information content (AvgIpc) is 2.35. The van der Waals surface area contributed by atoms with Gasteiger partial charge in [-0.25, -0.2) is 0 Å². The summed E-state index contributed by atoms with van der Waals surface area (Å²) in [5.74, 6) is -0.0601. The molecule has 1 heterocycles. The molecule has 4 heteroatoms. The number of pyridine rings is 1. The van der Waals surface area contributed by atoms with Crippen molar-refractivity contribution < 1.29 is 4.79 Å². The van der Waals surface area contributed by atoms with E-state index in [4.69, 9.17) is 0 Å². The van der Waals surface area contributed by atoms with Crippen molar-refractivity contribution in [2.24, 2.45) is 0 Å². The van der Waals surface area contributed by atoms with Gasteiger partial charge in [-0.15, -0.1) is 0 Å². The molecule has 1 amide bonds. The van der Waals surface area contributed by atoms with E-state index in [9.17, 15) is 9.59 Å². The number of hydrogen-bond acceptors (Lipinski definition) is 2. The predicted octanol–water partition coefficient (Wildman–Crippen LogP) is 1.99. The number of carbonyl (C=O) groups excluding carboxylic acids is 1. The monoisotopic (exact) mass is 256 g/mol. The van der Waals surface area contributed by atoms with Gasteiger partial charge in [0.25, 0.3) is 0 Å². The second-order valence-electron chi connectivity index (χ2n) is 4.46. The Morgan fingerprint density at radius 2 is 2.16 bits per heavy atom. The van der Waals surface area contributed by atoms with E-state index in [1.165, 1.54) is 6.92 Å². The fourth-order valence-electron chi connectivity index (χ4n) is 1.90. The quantitative estimate of drug-likeness (QED) is 0.882. The lowest BCUT2D eigenvalue weighted by molar-refractivity contribution is -0.118. The number of aromatic nitrogens is 1. The van der Waals surface area contributed by atoms with Crippen molar-refractivity contribution in [3.63, 3.8) is 0 Å². The van der Waals surface area contributed by atoms with Gasteiger partial charge in [-0.05, 0) is 24.6 Å². The number of aromatic amines is 1. The van der Waals surface area contributed by atoms with Crippen molar-refractivity contribution in [3.8, 4) is 0 Å². The Balaban J connectivity index is 2.27. The van der Waals surface area contributed by atoms with Crippen LogP contribution in [0.3, 0.4) is 0 Å². The number of aryl methyl sites for hydroxylation is 1. The Labute approximate surface area is 111 Å². The SMILES string of the molecule is CC(=O)NCC=Cc1ccc2[nH]c(C)cc(=O)c2c1. The molecule has 0 atom stereocenters. The van der Waals surface area contributed by atoms with Crippen molar-refractivity contribution in [3.05, 3.63) is 51.8 Å². The van der Waals surface area contributed by atoms with Gasteiger partial charge < -0.3 is 10.3 Å². The van der Waals surface area contributed by atoms with Crippen LogP contribution in [0.5, 0.6) is 0 Å². The van der Waals surface area contributed by atoms with Crippen LogP contribution in [0, 0.1) is 6.92 Å². The first-order valence-electron chi connectivity index (χ1n) is 6.11. The van der Waals surface area contributed by atoms with Gasteiger partial charge in [0.05, 0.1) is 0 Å². The Morgan fingerprint density at radius 1 is 1.37 bits per heavy atom. The van der Waals surface area contributed by atoms with E-state index in [2.05, 4.69) is 10.3 Å². The Morgan fingerprint density at radius 3 is 2.89 bits per heavy atom. The molecular weight excluding hydrogens is 240 g/mol. The zero-order chi connectivity index (χ0) is 13.8. The van der Waals surface area contributed by atoms with Crippen molar-refractivity contribution >= 4 is 22.9 Å². The molecule has 0 unspecified atom stereocenters. The summed E-state index contributed by atoms with van der Waals surface area (Å²) in [6.07, 6.45) is 3.74. The molecule has 0 bridgehead atoms. The molecule has 0 aliphatic carbocycles. The van der Waals surface area contributed by atoms with E-state index in [1.807, 2.05) is 37.3 Å². The van der Waals surface area contributed by atoms with Crippen LogP contribution in [0.15, 0.2) is 35.1 Å². The third-order valence-electron chi connectivity index (χ3n) is 2.77. The largest absolute Gasteiger partial charge is 0.358 e. The Hall–Kier alpha value is -2.36. The van der Waals surface area contributed by atoms with Gasteiger partial charge in [0, 0.05) is 36.1 Å². The highest BCUT2D eigenvalue weighted by molar-refractivity contribution is 5.81. The first-order chi connectivity index (χ1) is 9.06. The average molecular weight is 256 g/mol. The number of carbonyl (C=O) groups is 1. The summed E-state index contributed by atoms with van der Waals surface area (Å²) >= 11 is 0. The molecule has 2 aromatic rings. The molecule has 0 saturated carbocycles. The summed E-state index contributed by atoms with van der Waals surface area (Å²) in [4.78, 5) is 25.7. The summed E-state index contributed by atoms with van der Waals surface area (Å²) < 4.78 is 0. The topological polar surface area (TPSA) is 62.0 Å². The van der Waals surface area contributed by atoms with Crippen LogP contribution in [-0.4, -0.2) is 17.4 Å². The van der Waals surface area contributed by atoms with Gasteiger partial charge in [-0.1, -0.05) is 18.2 Å². The Bertz CT molecular complexity index is 699. The highest BCUT2D eigenvalue weighted by Gasteiger charge is 2.00. The smallest absolute Gasteiger partial charge is 0.217 e. The number of fused-ring (bicyclic) bond motifs is 1. The number of benzene rings is 1. The highest BCUT2D eigenvalue weighted by Crippen LogP contribution is 2.12. The molecule has 19 heavy (non-hydrogen) atoms. The van der Waals surface area contributed by atoms with Crippen molar-refractivity contribution in [1.82, 2.24) is 10.3 Å². The molecule has 0 aliphatic rings. The summed E-state index contributed by atoms with van der Waals surface area (Å²) in [7, 11) is 0. The maximum atomic E-state index is 11.9. The summed E-state index contributed by atoms with van der Waals surface area (Å²) in [5, 5.41) is 3.35. The van der Waals surface area contributed by atoms with Crippen LogP contribution < -0.4 is 10.7 Å². The van der Waals surface area contributed by atoms with Gasteiger partial charge in [-0.2, -0.15) is 0 Å². The minimum atomic E-state index is -0.0601. The molecule has 1 aromatic heterocycles. The van der Waals surface area contributed by atoms with E-state index in [1.54, 1.807) is 6.07 Å². The molecule has 0 radical (unpaired) electrons. The van der Waals surface area contributed by atoms with Crippen LogP contribution in [0.4, 0.5) is 0 Å². The normalized spacial score (nSPS) is 11.1. The molecule has 0 saturated heterocycles. The number of amides is 1. The minimum Gasteiger partial charge on any atom is -0.358 e. The summed E-state index contributed by atoms with van der Waals surface area (Å²) in [5.41, 5.74) is 2.64. The summed E-state index contributed by atoms with van der Waals surface area (Å²) in [6.45, 7) is 3.82. The molecule has 4 nitrogen and oxygen atoms in total. The van der Waals surface area contributed by atoms with E-state index in [-0.39, 0.29) is 11.3 Å². The first-order valence-corrected chi connectivity index (χ1v) is 6.11. The molecule has 0 spiro atoms. The fourth-order valence-corrected chi connectivity index (χ4v) is 1.90. The standard InChI is InChI=1S/C15H16N2O2/c1-10-8-15(19)13-9-12(5-6-14(13)17-10)4-3-7-16-11(2)18/h3-6,8-9H,7H2,1-2H3,(H,16,18)(H,17,19). The number of H-pyrrole nitrogens is 1. The van der Waals surface area contributed by atoms with Crippen molar-refractivity contribution in [1.29, 1.82) is 0 Å². The lowest BCUT2D eigenvalue weighted by Gasteiger charge is -2.01.